The number of anilines is 3. The fourth-order valence-electron chi connectivity index (χ4n) is 10.3. The number of benzene rings is 10. The van der Waals surface area contributed by atoms with Gasteiger partial charge in [-0.3, -0.25) is 0 Å². The van der Waals surface area contributed by atoms with E-state index in [1.807, 2.05) is 11.3 Å². The Morgan fingerprint density at radius 2 is 0.852 bits per heavy atom. The molecule has 0 spiro atoms. The van der Waals surface area contributed by atoms with Gasteiger partial charge in [0.25, 0.3) is 0 Å². The van der Waals surface area contributed by atoms with Gasteiger partial charge < -0.3 is 4.90 Å². The molecule has 0 N–H and O–H groups in total. The highest BCUT2D eigenvalue weighted by Gasteiger charge is 2.47. The van der Waals surface area contributed by atoms with Gasteiger partial charge in [-0.2, -0.15) is 0 Å². The quantitative estimate of drug-likeness (QED) is 0.155. The first-order valence-electron chi connectivity index (χ1n) is 21.0. The molecule has 2 heteroatoms. The minimum absolute atomic E-state index is 0.531. The summed E-state index contributed by atoms with van der Waals surface area (Å²) in [4.78, 5) is 2.59. The van der Waals surface area contributed by atoms with Crippen LogP contribution in [0.25, 0.3) is 64.3 Å². The third-order valence-corrected chi connectivity index (χ3v) is 13.9. The zero-order valence-electron chi connectivity index (χ0n) is 33.4. The summed E-state index contributed by atoms with van der Waals surface area (Å²) in [6, 6.07) is 87.4. The van der Waals surface area contributed by atoms with E-state index in [0.717, 1.165) is 17.1 Å². The van der Waals surface area contributed by atoms with Gasteiger partial charge in [-0.05, 0) is 85.6 Å². The molecule has 286 valence electrons. The molecule has 1 nitrogen and oxygen atoms in total. The lowest BCUT2D eigenvalue weighted by Gasteiger charge is -2.35. The SMILES string of the molecule is c1ccc(-c2cccc3cccc(-c4ccccc4N(c4cccc5c4-c4ccccc4C5(c4ccccc4)c4ccccc4)c4cccc5sc6ccccc6c45)c23)cc1. The van der Waals surface area contributed by atoms with Crippen LogP contribution in [0, 0.1) is 0 Å². The summed E-state index contributed by atoms with van der Waals surface area (Å²) < 4.78 is 2.56. The molecule has 0 amide bonds. The van der Waals surface area contributed by atoms with Gasteiger partial charge in [0.1, 0.15) is 0 Å². The van der Waals surface area contributed by atoms with E-state index in [9.17, 15) is 0 Å². The molecule has 0 saturated carbocycles. The van der Waals surface area contributed by atoms with Crippen molar-refractivity contribution in [3.63, 3.8) is 0 Å². The molecule has 0 bridgehead atoms. The molecule has 11 aromatic rings. The van der Waals surface area contributed by atoms with Crippen molar-refractivity contribution in [3.05, 3.63) is 259 Å². The van der Waals surface area contributed by atoms with Crippen molar-refractivity contribution >= 4 is 59.3 Å². The molecule has 1 aliphatic carbocycles. The van der Waals surface area contributed by atoms with Crippen molar-refractivity contribution in [2.24, 2.45) is 0 Å². The lowest BCUT2D eigenvalue weighted by Crippen LogP contribution is -2.28. The van der Waals surface area contributed by atoms with Gasteiger partial charge in [-0.1, -0.05) is 206 Å². The number of para-hydroxylation sites is 1. The van der Waals surface area contributed by atoms with Crippen LogP contribution in [0.2, 0.25) is 0 Å². The summed E-state index contributed by atoms with van der Waals surface area (Å²) in [5, 5.41) is 5.00. The maximum Gasteiger partial charge on any atom is 0.0714 e. The van der Waals surface area contributed by atoms with Gasteiger partial charge in [-0.25, -0.2) is 0 Å². The predicted octanol–water partition coefficient (Wildman–Crippen LogP) is 16.4. The average molecular weight is 794 g/mol. The minimum Gasteiger partial charge on any atom is -0.309 e. The van der Waals surface area contributed by atoms with Crippen LogP contribution in [-0.2, 0) is 5.41 Å². The second kappa shape index (κ2) is 14.3. The van der Waals surface area contributed by atoms with Crippen LogP contribution in [0.15, 0.2) is 237 Å². The molecule has 0 radical (unpaired) electrons. The predicted molar refractivity (Wildman–Crippen MR) is 260 cm³/mol. The fraction of sp³-hybridized carbons (Fsp3) is 0.0169. The van der Waals surface area contributed by atoms with E-state index < -0.39 is 5.41 Å². The molecule has 1 aliphatic rings. The van der Waals surface area contributed by atoms with Crippen LogP contribution in [0.1, 0.15) is 22.3 Å². The number of thiophene rings is 1. The molecular weight excluding hydrogens is 755 g/mol. The van der Waals surface area contributed by atoms with Crippen molar-refractivity contribution in [2.75, 3.05) is 4.90 Å². The standard InChI is InChI=1S/C59H39NS/c1-4-20-40(21-5-1)44-31-16-22-41-23-17-32-46(56(41)44)45-28-11-14-35-51(45)60(53-37-19-39-55-58(53)48-30-12-15-38-54(48)61-55)52-36-18-34-50-57(52)47-29-10-13-33-49(47)59(50,42-24-6-2-7-25-42)43-26-8-3-9-27-43/h1-39H. The smallest absolute Gasteiger partial charge is 0.0714 e. The Bertz CT molecular complexity index is 3380. The maximum atomic E-state index is 2.59. The summed E-state index contributed by atoms with van der Waals surface area (Å²) in [7, 11) is 0. The number of fused-ring (bicyclic) bond motifs is 7. The second-order valence-corrected chi connectivity index (χ2v) is 17.0. The van der Waals surface area contributed by atoms with Gasteiger partial charge in [0.05, 0.1) is 22.5 Å². The Kier molecular flexibility index (Phi) is 8.33. The summed E-state index contributed by atoms with van der Waals surface area (Å²) in [6.07, 6.45) is 0. The van der Waals surface area contributed by atoms with E-state index in [1.54, 1.807) is 0 Å². The van der Waals surface area contributed by atoms with Gasteiger partial charge >= 0.3 is 0 Å². The molecule has 10 aromatic carbocycles. The van der Waals surface area contributed by atoms with Gasteiger partial charge in [0.15, 0.2) is 0 Å². The number of hydrogen-bond acceptors (Lipinski definition) is 2. The maximum absolute atomic E-state index is 2.59. The number of rotatable bonds is 7. The van der Waals surface area contributed by atoms with Crippen LogP contribution in [0.3, 0.4) is 0 Å². The van der Waals surface area contributed by atoms with Crippen LogP contribution in [0.5, 0.6) is 0 Å². The van der Waals surface area contributed by atoms with E-state index in [2.05, 4.69) is 241 Å². The minimum atomic E-state index is -0.531. The highest BCUT2D eigenvalue weighted by molar-refractivity contribution is 7.26. The zero-order valence-corrected chi connectivity index (χ0v) is 34.2. The lowest BCUT2D eigenvalue weighted by atomic mass is 9.68. The molecule has 0 atom stereocenters. The van der Waals surface area contributed by atoms with E-state index in [1.165, 1.54) is 86.6 Å². The summed E-state index contributed by atoms with van der Waals surface area (Å²) in [5.74, 6) is 0. The second-order valence-electron chi connectivity index (χ2n) is 15.9. The largest absolute Gasteiger partial charge is 0.309 e. The summed E-state index contributed by atoms with van der Waals surface area (Å²) >= 11 is 1.87. The van der Waals surface area contributed by atoms with Crippen LogP contribution >= 0.6 is 11.3 Å². The van der Waals surface area contributed by atoms with Crippen LogP contribution in [0.4, 0.5) is 17.1 Å². The monoisotopic (exact) mass is 793 g/mol. The summed E-state index contributed by atoms with van der Waals surface area (Å²) in [5.41, 5.74) is 15.3. The van der Waals surface area contributed by atoms with E-state index >= 15 is 0 Å². The number of nitrogens with zero attached hydrogens (tertiary/aromatic N) is 1. The Hall–Kier alpha value is -7.52. The first-order chi connectivity index (χ1) is 30.3. The van der Waals surface area contributed by atoms with Crippen molar-refractivity contribution < 1.29 is 0 Å². The van der Waals surface area contributed by atoms with Crippen molar-refractivity contribution in [3.8, 4) is 33.4 Å². The molecule has 1 aromatic heterocycles. The van der Waals surface area contributed by atoms with Crippen molar-refractivity contribution in [1.29, 1.82) is 0 Å². The lowest BCUT2D eigenvalue weighted by molar-refractivity contribution is 0.768. The Morgan fingerprint density at radius 3 is 1.62 bits per heavy atom. The molecule has 0 fully saturated rings. The summed E-state index contributed by atoms with van der Waals surface area (Å²) in [6.45, 7) is 0. The molecule has 1 heterocycles. The molecule has 12 rings (SSSR count). The molecule has 61 heavy (non-hydrogen) atoms. The Morgan fingerprint density at radius 1 is 0.328 bits per heavy atom. The number of hydrogen-bond donors (Lipinski definition) is 0. The molecule has 0 aliphatic heterocycles. The van der Waals surface area contributed by atoms with Crippen molar-refractivity contribution in [2.45, 2.75) is 5.41 Å². The topological polar surface area (TPSA) is 3.24 Å². The van der Waals surface area contributed by atoms with E-state index in [0.29, 0.717) is 0 Å². The Labute approximate surface area is 360 Å². The van der Waals surface area contributed by atoms with Crippen LogP contribution < -0.4 is 4.90 Å². The fourth-order valence-corrected chi connectivity index (χ4v) is 11.4. The van der Waals surface area contributed by atoms with E-state index in [-0.39, 0.29) is 0 Å². The average Bonchev–Trinajstić information content (AvgIpc) is 3.87. The highest BCUT2D eigenvalue weighted by Crippen LogP contribution is 2.60. The molecule has 0 saturated heterocycles. The third-order valence-electron chi connectivity index (χ3n) is 12.7. The van der Waals surface area contributed by atoms with Gasteiger partial charge in [0, 0.05) is 31.3 Å². The first-order valence-corrected chi connectivity index (χ1v) is 21.8. The molecule has 0 unspecified atom stereocenters. The van der Waals surface area contributed by atoms with Crippen LogP contribution in [-0.4, -0.2) is 0 Å². The van der Waals surface area contributed by atoms with Crippen molar-refractivity contribution in [1.82, 2.24) is 0 Å². The highest BCUT2D eigenvalue weighted by atomic mass is 32.1. The third kappa shape index (κ3) is 5.39. The first kappa shape index (κ1) is 35.4. The molecular formula is C59H39NS. The van der Waals surface area contributed by atoms with Gasteiger partial charge in [-0.15, -0.1) is 11.3 Å². The zero-order chi connectivity index (χ0) is 40.3. The normalized spacial score (nSPS) is 12.7. The van der Waals surface area contributed by atoms with E-state index in [4.69, 9.17) is 0 Å². The Balaban J connectivity index is 1.21. The van der Waals surface area contributed by atoms with Gasteiger partial charge in [0.2, 0.25) is 0 Å².